The van der Waals surface area contributed by atoms with Gasteiger partial charge in [0.15, 0.2) is 0 Å². The first-order valence-electron chi connectivity index (χ1n) is 5.37. The van der Waals surface area contributed by atoms with E-state index in [0.717, 1.165) is 22.0 Å². The number of pyridine rings is 1. The summed E-state index contributed by atoms with van der Waals surface area (Å²) in [5, 5.41) is 2.21. The summed E-state index contributed by atoms with van der Waals surface area (Å²) in [4.78, 5) is 8.57. The van der Waals surface area contributed by atoms with Crippen LogP contribution in [-0.4, -0.2) is 14.5 Å². The number of aryl methyl sites for hydroxylation is 1. The lowest BCUT2D eigenvalue weighted by molar-refractivity contribution is 0.925. The van der Waals surface area contributed by atoms with Gasteiger partial charge in [-0.15, -0.1) is 0 Å². The Bertz CT molecular complexity index is 679. The Labute approximate surface area is 98.7 Å². The van der Waals surface area contributed by atoms with E-state index < -0.39 is 0 Å². The zero-order chi connectivity index (χ0) is 11.8. The van der Waals surface area contributed by atoms with Crippen molar-refractivity contribution in [3.8, 4) is 11.3 Å². The minimum atomic E-state index is 0.656. The lowest BCUT2D eigenvalue weighted by Crippen LogP contribution is -1.96. The van der Waals surface area contributed by atoms with Crippen molar-refractivity contribution in [3.05, 3.63) is 43.0 Å². The predicted octanol–water partition coefficient (Wildman–Crippen LogP) is 2.22. The van der Waals surface area contributed by atoms with Crippen molar-refractivity contribution in [2.75, 3.05) is 5.73 Å². The largest absolute Gasteiger partial charge is 0.383 e. The number of rotatable bonds is 1. The van der Waals surface area contributed by atoms with Gasteiger partial charge in [-0.1, -0.05) is 24.3 Å². The zero-order valence-electron chi connectivity index (χ0n) is 9.46. The van der Waals surface area contributed by atoms with Crippen molar-refractivity contribution < 1.29 is 0 Å². The highest BCUT2D eigenvalue weighted by molar-refractivity contribution is 5.96. The van der Waals surface area contributed by atoms with E-state index >= 15 is 0 Å². The number of anilines is 1. The molecule has 0 saturated heterocycles. The highest BCUT2D eigenvalue weighted by Crippen LogP contribution is 2.29. The van der Waals surface area contributed by atoms with Crippen LogP contribution >= 0.6 is 0 Å². The van der Waals surface area contributed by atoms with Crippen LogP contribution in [0, 0.1) is 0 Å². The van der Waals surface area contributed by atoms with Crippen LogP contribution in [0.15, 0.2) is 43.0 Å². The molecule has 84 valence electrons. The molecule has 0 fully saturated rings. The lowest BCUT2D eigenvalue weighted by atomic mass is 10.1. The van der Waals surface area contributed by atoms with Crippen LogP contribution in [-0.2, 0) is 7.05 Å². The van der Waals surface area contributed by atoms with Gasteiger partial charge in [0, 0.05) is 30.4 Å². The van der Waals surface area contributed by atoms with E-state index in [4.69, 9.17) is 5.73 Å². The van der Waals surface area contributed by atoms with E-state index in [1.54, 1.807) is 17.1 Å². The Kier molecular flexibility index (Phi) is 2.08. The van der Waals surface area contributed by atoms with E-state index in [2.05, 4.69) is 16.0 Å². The summed E-state index contributed by atoms with van der Waals surface area (Å²) in [6.45, 7) is 0. The van der Waals surface area contributed by atoms with Gasteiger partial charge in [-0.05, 0) is 5.39 Å². The smallest absolute Gasteiger partial charge is 0.131 e. The molecular formula is C13H12N4. The first-order chi connectivity index (χ1) is 8.27. The van der Waals surface area contributed by atoms with Crippen molar-refractivity contribution in [3.63, 3.8) is 0 Å². The van der Waals surface area contributed by atoms with Crippen LogP contribution < -0.4 is 5.73 Å². The fraction of sp³-hybridized carbons (Fsp3) is 0.0769. The molecule has 0 saturated carbocycles. The Morgan fingerprint density at radius 2 is 2.00 bits per heavy atom. The third-order valence-corrected chi connectivity index (χ3v) is 2.91. The van der Waals surface area contributed by atoms with Crippen molar-refractivity contribution in [2.24, 2.45) is 7.05 Å². The summed E-state index contributed by atoms with van der Waals surface area (Å²) in [6, 6.07) is 8.09. The number of aromatic nitrogens is 3. The van der Waals surface area contributed by atoms with Gasteiger partial charge in [0.1, 0.15) is 11.5 Å². The summed E-state index contributed by atoms with van der Waals surface area (Å²) < 4.78 is 1.80. The maximum absolute atomic E-state index is 6.00. The normalized spacial score (nSPS) is 10.9. The molecule has 2 N–H and O–H groups in total. The molecule has 0 bridgehead atoms. The minimum Gasteiger partial charge on any atom is -0.383 e. The number of nitrogens with zero attached hydrogens (tertiary/aromatic N) is 3. The van der Waals surface area contributed by atoms with E-state index in [9.17, 15) is 0 Å². The predicted molar refractivity (Wildman–Crippen MR) is 68.4 cm³/mol. The van der Waals surface area contributed by atoms with Gasteiger partial charge in [-0.2, -0.15) is 0 Å². The van der Waals surface area contributed by atoms with Crippen LogP contribution in [0.1, 0.15) is 0 Å². The summed E-state index contributed by atoms with van der Waals surface area (Å²) in [5.41, 5.74) is 7.76. The molecule has 2 aromatic heterocycles. The molecule has 0 aliphatic heterocycles. The zero-order valence-corrected chi connectivity index (χ0v) is 9.46. The number of nitrogens with two attached hydrogens (primary N) is 1. The molecule has 0 amide bonds. The second kappa shape index (κ2) is 3.59. The molecule has 0 unspecified atom stereocenters. The molecule has 3 aromatic rings. The average molecular weight is 224 g/mol. The van der Waals surface area contributed by atoms with Gasteiger partial charge in [-0.25, -0.2) is 4.98 Å². The number of imidazole rings is 1. The molecule has 17 heavy (non-hydrogen) atoms. The third-order valence-electron chi connectivity index (χ3n) is 2.91. The summed E-state index contributed by atoms with van der Waals surface area (Å²) in [5.74, 6) is 0.656. The summed E-state index contributed by atoms with van der Waals surface area (Å²) in [6.07, 6.45) is 5.37. The highest BCUT2D eigenvalue weighted by Gasteiger charge is 2.11. The van der Waals surface area contributed by atoms with E-state index in [1.165, 1.54) is 0 Å². The van der Waals surface area contributed by atoms with Crippen LogP contribution in [0.25, 0.3) is 22.0 Å². The Morgan fingerprint density at radius 1 is 1.18 bits per heavy atom. The van der Waals surface area contributed by atoms with Gasteiger partial charge in [0.05, 0.1) is 6.33 Å². The molecule has 0 atom stereocenters. The molecule has 4 heteroatoms. The second-order valence-corrected chi connectivity index (χ2v) is 4.00. The second-order valence-electron chi connectivity index (χ2n) is 4.00. The molecular weight excluding hydrogens is 212 g/mol. The molecule has 0 aliphatic carbocycles. The quantitative estimate of drug-likeness (QED) is 0.689. The van der Waals surface area contributed by atoms with Crippen molar-refractivity contribution >= 4 is 16.6 Å². The Hall–Kier alpha value is -2.36. The van der Waals surface area contributed by atoms with Crippen molar-refractivity contribution in [2.45, 2.75) is 0 Å². The van der Waals surface area contributed by atoms with Crippen LogP contribution in [0.5, 0.6) is 0 Å². The Balaban J connectivity index is 2.34. The molecule has 0 radical (unpaired) electrons. The monoisotopic (exact) mass is 224 g/mol. The van der Waals surface area contributed by atoms with Crippen molar-refractivity contribution in [1.82, 2.24) is 14.5 Å². The Morgan fingerprint density at radius 3 is 2.76 bits per heavy atom. The topological polar surface area (TPSA) is 56.7 Å². The maximum atomic E-state index is 6.00. The first kappa shape index (κ1) is 9.84. The van der Waals surface area contributed by atoms with E-state index in [-0.39, 0.29) is 0 Å². The van der Waals surface area contributed by atoms with Gasteiger partial charge >= 0.3 is 0 Å². The fourth-order valence-corrected chi connectivity index (χ4v) is 1.95. The maximum Gasteiger partial charge on any atom is 0.131 e. The fourth-order valence-electron chi connectivity index (χ4n) is 1.95. The number of benzene rings is 1. The molecule has 2 heterocycles. The SMILES string of the molecule is Cn1cnc(-c2cncc3ccccc23)c1N. The highest BCUT2D eigenvalue weighted by atomic mass is 15.1. The van der Waals surface area contributed by atoms with Gasteiger partial charge in [-0.3, -0.25) is 4.98 Å². The number of fused-ring (bicyclic) bond motifs is 1. The van der Waals surface area contributed by atoms with E-state index in [0.29, 0.717) is 5.82 Å². The summed E-state index contributed by atoms with van der Waals surface area (Å²) in [7, 11) is 1.88. The molecule has 4 nitrogen and oxygen atoms in total. The first-order valence-corrected chi connectivity index (χ1v) is 5.37. The van der Waals surface area contributed by atoms with Crippen LogP contribution in [0.3, 0.4) is 0 Å². The lowest BCUT2D eigenvalue weighted by Gasteiger charge is -2.04. The molecule has 1 aromatic carbocycles. The van der Waals surface area contributed by atoms with Gasteiger partial charge in [0.25, 0.3) is 0 Å². The van der Waals surface area contributed by atoms with Gasteiger partial charge < -0.3 is 10.3 Å². The average Bonchev–Trinajstić information content (AvgIpc) is 2.69. The minimum absolute atomic E-state index is 0.656. The standard InChI is InChI=1S/C13H12N4/c1-17-8-16-12(13(17)14)11-7-15-6-9-4-2-3-5-10(9)11/h2-8H,14H2,1H3. The molecule has 0 aliphatic rings. The number of hydrogen-bond acceptors (Lipinski definition) is 3. The molecule has 3 rings (SSSR count). The van der Waals surface area contributed by atoms with Crippen LogP contribution in [0.2, 0.25) is 0 Å². The molecule has 0 spiro atoms. The third kappa shape index (κ3) is 1.45. The number of hydrogen-bond donors (Lipinski definition) is 1. The van der Waals surface area contributed by atoms with Crippen LogP contribution in [0.4, 0.5) is 5.82 Å². The summed E-state index contributed by atoms with van der Waals surface area (Å²) >= 11 is 0. The van der Waals surface area contributed by atoms with Gasteiger partial charge in [0.2, 0.25) is 0 Å². The number of nitrogen functional groups attached to an aromatic ring is 1. The van der Waals surface area contributed by atoms with E-state index in [1.807, 2.05) is 31.4 Å². The van der Waals surface area contributed by atoms with Crippen molar-refractivity contribution in [1.29, 1.82) is 0 Å².